The average Bonchev–Trinajstić information content (AvgIpc) is 3.15. The first-order valence-corrected chi connectivity index (χ1v) is 11.4. The number of sulfonamides is 1. The van der Waals surface area contributed by atoms with Crippen LogP contribution in [0.1, 0.15) is 11.1 Å². The molecule has 1 aromatic heterocycles. The Morgan fingerprint density at radius 1 is 1.17 bits per heavy atom. The Kier molecular flexibility index (Phi) is 5.46. The van der Waals surface area contributed by atoms with E-state index in [1.807, 2.05) is 56.3 Å². The van der Waals surface area contributed by atoms with Crippen molar-refractivity contribution < 1.29 is 13.2 Å². The monoisotopic (exact) mass is 417 g/mol. The van der Waals surface area contributed by atoms with E-state index in [4.69, 9.17) is 4.74 Å². The molecule has 0 saturated carbocycles. The lowest BCUT2D eigenvalue weighted by Gasteiger charge is -2.37. The molecule has 3 heterocycles. The molecule has 0 bridgehead atoms. The minimum absolute atomic E-state index is 0.00496. The lowest BCUT2D eigenvalue weighted by molar-refractivity contribution is 0.0328. The minimum atomic E-state index is -3.43. The fraction of sp³-hybridized carbons (Fsp3) is 0.500. The van der Waals surface area contributed by atoms with E-state index >= 15 is 0 Å². The van der Waals surface area contributed by atoms with Gasteiger partial charge in [-0.3, -0.25) is 0 Å². The number of benzene rings is 1. The third-order valence-corrected chi connectivity index (χ3v) is 7.24. The zero-order chi connectivity index (χ0) is 20.6. The predicted molar refractivity (Wildman–Crippen MR) is 113 cm³/mol. The molecular formula is C20H27N5O3S. The van der Waals surface area contributed by atoms with Gasteiger partial charge in [-0.1, -0.05) is 29.8 Å². The van der Waals surface area contributed by atoms with E-state index in [2.05, 4.69) is 14.9 Å². The summed E-state index contributed by atoms with van der Waals surface area (Å²) in [5.74, 6) is 1.44. The number of morpholine rings is 1. The minimum Gasteiger partial charge on any atom is -0.373 e. The molecule has 2 atom stereocenters. The molecule has 2 aliphatic heterocycles. The Balaban J connectivity index is 1.53. The summed E-state index contributed by atoms with van der Waals surface area (Å²) in [5.41, 5.74) is 1.92. The summed E-state index contributed by atoms with van der Waals surface area (Å²) in [6, 6.07) is 9.46. The Morgan fingerprint density at radius 2 is 1.93 bits per heavy atom. The van der Waals surface area contributed by atoms with Gasteiger partial charge in [0, 0.05) is 39.9 Å². The van der Waals surface area contributed by atoms with Crippen LogP contribution in [0.2, 0.25) is 0 Å². The second-order valence-electron chi connectivity index (χ2n) is 7.84. The zero-order valence-corrected chi connectivity index (χ0v) is 17.8. The van der Waals surface area contributed by atoms with E-state index in [0.29, 0.717) is 32.2 Å². The van der Waals surface area contributed by atoms with Gasteiger partial charge in [0.15, 0.2) is 0 Å². The third kappa shape index (κ3) is 4.22. The van der Waals surface area contributed by atoms with E-state index in [9.17, 15) is 8.42 Å². The van der Waals surface area contributed by atoms with Crippen molar-refractivity contribution in [2.24, 2.45) is 0 Å². The summed E-state index contributed by atoms with van der Waals surface area (Å²) in [6.45, 7) is 4.00. The van der Waals surface area contributed by atoms with Crippen molar-refractivity contribution in [3.8, 4) is 0 Å². The van der Waals surface area contributed by atoms with Gasteiger partial charge < -0.3 is 14.5 Å². The lowest BCUT2D eigenvalue weighted by Crippen LogP contribution is -2.51. The largest absolute Gasteiger partial charge is 0.373 e. The summed E-state index contributed by atoms with van der Waals surface area (Å²) in [5, 5.41) is 0. The highest BCUT2D eigenvalue weighted by atomic mass is 32.2. The normalized spacial score (nSPS) is 22.5. The van der Waals surface area contributed by atoms with Crippen molar-refractivity contribution in [3.63, 3.8) is 0 Å². The topological polar surface area (TPSA) is 78.9 Å². The summed E-state index contributed by atoms with van der Waals surface area (Å²) >= 11 is 0. The van der Waals surface area contributed by atoms with Gasteiger partial charge >= 0.3 is 0 Å². The molecule has 1 aromatic carbocycles. The molecule has 0 amide bonds. The van der Waals surface area contributed by atoms with Crippen LogP contribution in [0.25, 0.3) is 0 Å². The van der Waals surface area contributed by atoms with Gasteiger partial charge in [0.1, 0.15) is 5.82 Å². The molecule has 8 nitrogen and oxygen atoms in total. The summed E-state index contributed by atoms with van der Waals surface area (Å²) in [7, 11) is 0.372. The maximum absolute atomic E-state index is 13.0. The van der Waals surface area contributed by atoms with E-state index < -0.39 is 10.0 Å². The number of aromatic nitrogens is 2. The van der Waals surface area contributed by atoms with Crippen molar-refractivity contribution in [2.45, 2.75) is 24.8 Å². The van der Waals surface area contributed by atoms with E-state index in [1.54, 1.807) is 10.5 Å². The maximum atomic E-state index is 13.0. The number of fused-ring (bicyclic) bond motifs is 1. The highest BCUT2D eigenvalue weighted by Crippen LogP contribution is 2.29. The summed E-state index contributed by atoms with van der Waals surface area (Å²) in [6.07, 6.45) is 1.58. The first-order chi connectivity index (χ1) is 13.8. The maximum Gasteiger partial charge on any atom is 0.226 e. The van der Waals surface area contributed by atoms with Gasteiger partial charge in [-0.25, -0.2) is 13.4 Å². The molecule has 0 aliphatic carbocycles. The first-order valence-electron chi connectivity index (χ1n) is 9.75. The summed E-state index contributed by atoms with van der Waals surface area (Å²) in [4.78, 5) is 12.9. The Labute approximate surface area is 172 Å². The molecule has 2 fully saturated rings. The zero-order valence-electron chi connectivity index (χ0n) is 17.0. The standard InChI is InChI=1S/C20H27N5O3S/c1-15-4-6-16(7-5-15)14-29(26,27)24-12-17-18(13-24)28-11-10-25(17)19-8-9-21-20(22-19)23(2)3/h4-9,17-18H,10-14H2,1-3H3/t17-,18+/m0/s1. The molecule has 0 unspecified atom stereocenters. The second-order valence-corrected chi connectivity index (χ2v) is 9.81. The smallest absolute Gasteiger partial charge is 0.226 e. The molecule has 4 rings (SSSR count). The van der Waals surface area contributed by atoms with Gasteiger partial charge in [0.2, 0.25) is 16.0 Å². The van der Waals surface area contributed by atoms with Crippen LogP contribution in [0.4, 0.5) is 11.8 Å². The number of hydrogen-bond acceptors (Lipinski definition) is 7. The van der Waals surface area contributed by atoms with Crippen molar-refractivity contribution in [2.75, 3.05) is 50.1 Å². The van der Waals surface area contributed by atoms with Crippen LogP contribution in [0, 0.1) is 6.92 Å². The molecule has 0 N–H and O–H groups in total. The van der Waals surface area contributed by atoms with Crippen LogP contribution in [0.15, 0.2) is 36.5 Å². The van der Waals surface area contributed by atoms with E-state index in [1.165, 1.54) is 0 Å². The fourth-order valence-corrected chi connectivity index (χ4v) is 5.42. The van der Waals surface area contributed by atoms with Gasteiger partial charge in [0.05, 0.1) is 24.5 Å². The molecular weight excluding hydrogens is 390 g/mol. The number of hydrogen-bond donors (Lipinski definition) is 0. The van der Waals surface area contributed by atoms with Gasteiger partial charge in [0.25, 0.3) is 0 Å². The predicted octanol–water partition coefficient (Wildman–Crippen LogP) is 1.27. The highest BCUT2D eigenvalue weighted by Gasteiger charge is 2.44. The van der Waals surface area contributed by atoms with Crippen LogP contribution in [-0.4, -0.2) is 75.2 Å². The number of nitrogens with zero attached hydrogens (tertiary/aromatic N) is 5. The first kappa shape index (κ1) is 20.1. The molecule has 2 aromatic rings. The molecule has 29 heavy (non-hydrogen) atoms. The van der Waals surface area contributed by atoms with Crippen LogP contribution < -0.4 is 9.80 Å². The van der Waals surface area contributed by atoms with Crippen LogP contribution in [0.3, 0.4) is 0 Å². The second kappa shape index (κ2) is 7.89. The molecule has 2 saturated heterocycles. The van der Waals surface area contributed by atoms with Gasteiger partial charge in [-0.2, -0.15) is 9.29 Å². The quantitative estimate of drug-likeness (QED) is 0.725. The number of aryl methyl sites for hydroxylation is 1. The molecule has 156 valence electrons. The van der Waals surface area contributed by atoms with Crippen molar-refractivity contribution in [3.05, 3.63) is 47.7 Å². The average molecular weight is 418 g/mol. The van der Waals surface area contributed by atoms with Crippen molar-refractivity contribution >= 4 is 21.8 Å². The van der Waals surface area contributed by atoms with Crippen molar-refractivity contribution in [1.29, 1.82) is 0 Å². The highest BCUT2D eigenvalue weighted by molar-refractivity contribution is 7.88. The molecule has 2 aliphatic rings. The van der Waals surface area contributed by atoms with Crippen LogP contribution in [0.5, 0.6) is 0 Å². The molecule has 0 radical (unpaired) electrons. The van der Waals surface area contributed by atoms with Gasteiger partial charge in [-0.05, 0) is 18.6 Å². The van der Waals surface area contributed by atoms with Crippen LogP contribution >= 0.6 is 0 Å². The SMILES string of the molecule is Cc1ccc(CS(=O)(=O)N2C[C@H]3OCCN(c4ccnc(N(C)C)n4)[C@H]3C2)cc1. The molecule has 0 spiro atoms. The van der Waals surface area contributed by atoms with Crippen molar-refractivity contribution in [1.82, 2.24) is 14.3 Å². The Hall–Kier alpha value is -2.23. The number of ether oxygens (including phenoxy) is 1. The van der Waals surface area contributed by atoms with Gasteiger partial charge in [-0.15, -0.1) is 0 Å². The van der Waals surface area contributed by atoms with E-state index in [0.717, 1.165) is 16.9 Å². The fourth-order valence-electron chi connectivity index (χ4n) is 3.87. The lowest BCUT2D eigenvalue weighted by atomic mass is 10.1. The van der Waals surface area contributed by atoms with E-state index in [-0.39, 0.29) is 17.9 Å². The summed E-state index contributed by atoms with van der Waals surface area (Å²) < 4.78 is 33.6. The number of rotatable bonds is 5. The third-order valence-electron chi connectivity index (χ3n) is 5.45. The molecule has 9 heteroatoms. The Morgan fingerprint density at radius 3 is 2.66 bits per heavy atom. The Bertz CT molecular complexity index is 964. The number of anilines is 2. The van der Waals surface area contributed by atoms with Crippen LogP contribution in [-0.2, 0) is 20.5 Å².